The summed E-state index contributed by atoms with van der Waals surface area (Å²) < 4.78 is 45.0. The van der Waals surface area contributed by atoms with Gasteiger partial charge >= 0.3 is 5.97 Å². The number of anilines is 1. The molecule has 7 nitrogen and oxygen atoms in total. The van der Waals surface area contributed by atoms with Crippen LogP contribution in [-0.4, -0.2) is 32.9 Å². The molecule has 0 fully saturated rings. The van der Waals surface area contributed by atoms with E-state index in [1.54, 1.807) is 26.0 Å². The molecule has 9 heteroatoms. The molecule has 0 radical (unpaired) electrons. The van der Waals surface area contributed by atoms with Crippen LogP contribution < -0.4 is 10.0 Å². The van der Waals surface area contributed by atoms with E-state index in [9.17, 15) is 22.4 Å². The number of sulfonamides is 1. The Morgan fingerprint density at radius 3 is 2.41 bits per heavy atom. The van der Waals surface area contributed by atoms with Gasteiger partial charge in [0.05, 0.1) is 11.3 Å². The van der Waals surface area contributed by atoms with Crippen LogP contribution in [-0.2, 0) is 24.3 Å². The minimum Gasteiger partial charge on any atom is -0.452 e. The van der Waals surface area contributed by atoms with E-state index in [-0.39, 0.29) is 17.9 Å². The van der Waals surface area contributed by atoms with Crippen molar-refractivity contribution < 1.29 is 27.1 Å². The molecule has 1 atom stereocenters. The second-order valence-electron chi connectivity index (χ2n) is 6.54. The lowest BCUT2D eigenvalue weighted by atomic mass is 10.2. The first-order chi connectivity index (χ1) is 13.6. The molecule has 0 aliphatic rings. The fourth-order valence-corrected chi connectivity index (χ4v) is 3.81. The van der Waals surface area contributed by atoms with Gasteiger partial charge in [-0.1, -0.05) is 12.1 Å². The predicted molar refractivity (Wildman–Crippen MR) is 106 cm³/mol. The Bertz CT molecular complexity index is 990. The van der Waals surface area contributed by atoms with E-state index in [0.29, 0.717) is 11.3 Å². The van der Waals surface area contributed by atoms with Crippen molar-refractivity contribution in [3.8, 4) is 0 Å². The van der Waals surface area contributed by atoms with E-state index in [4.69, 9.17) is 4.74 Å². The maximum Gasteiger partial charge on any atom is 0.307 e. The number of ether oxygens (including phenoxy) is 1. The molecule has 0 aromatic heterocycles. The molecule has 2 aromatic carbocycles. The maximum atomic E-state index is 12.9. The minimum absolute atomic E-state index is 0.151. The number of carbonyl (C=O) groups excluding carboxylic acids is 2. The Labute approximate surface area is 169 Å². The van der Waals surface area contributed by atoms with Crippen LogP contribution in [0.5, 0.6) is 0 Å². The highest BCUT2D eigenvalue weighted by Crippen LogP contribution is 2.16. The number of carbonyl (C=O) groups is 2. The van der Waals surface area contributed by atoms with Gasteiger partial charge in [0.15, 0.2) is 6.10 Å². The maximum absolute atomic E-state index is 12.9. The number of hydrogen-bond donors (Lipinski definition) is 2. The summed E-state index contributed by atoms with van der Waals surface area (Å²) in [5.41, 5.74) is 1.76. The van der Waals surface area contributed by atoms with Crippen molar-refractivity contribution >= 4 is 27.6 Å². The summed E-state index contributed by atoms with van der Waals surface area (Å²) in [6.45, 7) is 4.69. The first-order valence-electron chi connectivity index (χ1n) is 8.91. The summed E-state index contributed by atoms with van der Waals surface area (Å²) in [7, 11) is -3.77. The standard InChI is InChI=1S/C20H23FN2O5S/c1-13-4-5-14(2)18(12-13)29(26,27)22-11-10-19(24)28-15(3)20(25)23-17-8-6-16(21)7-9-17/h4-9,12,15,22H,10-11H2,1-3H3,(H,23,25)/t15-/m0/s1. The van der Waals surface area contributed by atoms with E-state index >= 15 is 0 Å². The van der Waals surface area contributed by atoms with Gasteiger partial charge in [-0.05, 0) is 62.2 Å². The van der Waals surface area contributed by atoms with Crippen molar-refractivity contribution in [2.45, 2.75) is 38.2 Å². The van der Waals surface area contributed by atoms with Crippen LogP contribution in [0, 0.1) is 19.7 Å². The number of nitrogens with one attached hydrogen (secondary N) is 2. The molecule has 2 N–H and O–H groups in total. The molecule has 0 heterocycles. The van der Waals surface area contributed by atoms with Crippen molar-refractivity contribution in [3.05, 3.63) is 59.4 Å². The number of hydrogen-bond acceptors (Lipinski definition) is 5. The second-order valence-corrected chi connectivity index (χ2v) is 8.28. The number of aryl methyl sites for hydroxylation is 2. The Balaban J connectivity index is 1.83. The summed E-state index contributed by atoms with van der Waals surface area (Å²) in [4.78, 5) is 24.1. The highest BCUT2D eigenvalue weighted by Gasteiger charge is 2.20. The molecule has 0 aliphatic carbocycles. The highest BCUT2D eigenvalue weighted by atomic mass is 32.2. The Kier molecular flexibility index (Phi) is 7.46. The highest BCUT2D eigenvalue weighted by molar-refractivity contribution is 7.89. The third-order valence-electron chi connectivity index (χ3n) is 4.04. The lowest BCUT2D eigenvalue weighted by Gasteiger charge is -2.14. The molecule has 0 saturated carbocycles. The van der Waals surface area contributed by atoms with E-state index in [2.05, 4.69) is 10.0 Å². The largest absolute Gasteiger partial charge is 0.452 e. The topological polar surface area (TPSA) is 102 Å². The number of benzene rings is 2. The average Bonchev–Trinajstić information content (AvgIpc) is 2.65. The van der Waals surface area contributed by atoms with Crippen LogP contribution in [0.2, 0.25) is 0 Å². The smallest absolute Gasteiger partial charge is 0.307 e. The van der Waals surface area contributed by atoms with Gasteiger partial charge in [0.2, 0.25) is 10.0 Å². The lowest BCUT2D eigenvalue weighted by molar-refractivity contribution is -0.152. The van der Waals surface area contributed by atoms with E-state index in [1.807, 2.05) is 6.07 Å². The summed E-state index contributed by atoms with van der Waals surface area (Å²) >= 11 is 0. The molecular formula is C20H23FN2O5S. The van der Waals surface area contributed by atoms with Gasteiger partial charge in [-0.15, -0.1) is 0 Å². The van der Waals surface area contributed by atoms with Gasteiger partial charge in [-0.2, -0.15) is 0 Å². The number of halogens is 1. The fraction of sp³-hybridized carbons (Fsp3) is 0.300. The molecule has 1 amide bonds. The van der Waals surface area contributed by atoms with Crippen molar-refractivity contribution in [1.82, 2.24) is 4.72 Å². The zero-order valence-corrected chi connectivity index (χ0v) is 17.2. The molecule has 0 aliphatic heterocycles. The van der Waals surface area contributed by atoms with Crippen molar-refractivity contribution in [2.75, 3.05) is 11.9 Å². The molecule has 0 bridgehead atoms. The van der Waals surface area contributed by atoms with Gasteiger partial charge in [0, 0.05) is 12.2 Å². The van der Waals surface area contributed by atoms with E-state index in [1.165, 1.54) is 31.2 Å². The fourth-order valence-electron chi connectivity index (χ4n) is 2.45. The normalized spacial score (nSPS) is 12.3. The van der Waals surface area contributed by atoms with Gasteiger partial charge in [-0.25, -0.2) is 17.5 Å². The van der Waals surface area contributed by atoms with Gasteiger partial charge < -0.3 is 10.1 Å². The zero-order chi connectivity index (χ0) is 21.6. The predicted octanol–water partition coefficient (Wildman–Crippen LogP) is 2.68. The molecule has 29 heavy (non-hydrogen) atoms. The van der Waals surface area contributed by atoms with Crippen LogP contribution in [0.1, 0.15) is 24.5 Å². The Morgan fingerprint density at radius 2 is 1.76 bits per heavy atom. The Hall–Kier alpha value is -2.78. The molecule has 0 saturated heterocycles. The lowest BCUT2D eigenvalue weighted by Crippen LogP contribution is -2.32. The van der Waals surface area contributed by atoms with Crippen molar-refractivity contribution in [2.24, 2.45) is 0 Å². The molecule has 2 rings (SSSR count). The van der Waals surface area contributed by atoms with Crippen LogP contribution in [0.3, 0.4) is 0 Å². The summed E-state index contributed by atoms with van der Waals surface area (Å²) in [6, 6.07) is 10.2. The summed E-state index contributed by atoms with van der Waals surface area (Å²) in [5.74, 6) is -1.75. The third-order valence-corrected chi connectivity index (χ3v) is 5.65. The zero-order valence-electron chi connectivity index (χ0n) is 16.4. The monoisotopic (exact) mass is 422 g/mol. The molecule has 0 spiro atoms. The van der Waals surface area contributed by atoms with Gasteiger partial charge in [0.1, 0.15) is 5.82 Å². The van der Waals surface area contributed by atoms with Crippen LogP contribution in [0.4, 0.5) is 10.1 Å². The SMILES string of the molecule is Cc1ccc(C)c(S(=O)(=O)NCCC(=O)O[C@@H](C)C(=O)Nc2ccc(F)cc2)c1. The van der Waals surface area contributed by atoms with Crippen LogP contribution >= 0.6 is 0 Å². The summed E-state index contributed by atoms with van der Waals surface area (Å²) in [5, 5.41) is 2.49. The number of amides is 1. The Morgan fingerprint density at radius 1 is 1.10 bits per heavy atom. The first-order valence-corrected chi connectivity index (χ1v) is 10.4. The molecular weight excluding hydrogens is 399 g/mol. The van der Waals surface area contributed by atoms with Crippen LogP contribution in [0.25, 0.3) is 0 Å². The molecule has 2 aromatic rings. The molecule has 156 valence electrons. The van der Waals surface area contributed by atoms with E-state index in [0.717, 1.165) is 5.56 Å². The van der Waals surface area contributed by atoms with Gasteiger partial charge in [0.25, 0.3) is 5.91 Å². The molecule has 0 unspecified atom stereocenters. The first kappa shape index (κ1) is 22.5. The summed E-state index contributed by atoms with van der Waals surface area (Å²) in [6.07, 6.45) is -1.33. The average molecular weight is 422 g/mol. The number of esters is 1. The quantitative estimate of drug-likeness (QED) is 0.637. The van der Waals surface area contributed by atoms with Crippen molar-refractivity contribution in [3.63, 3.8) is 0 Å². The van der Waals surface area contributed by atoms with E-state index < -0.39 is 33.8 Å². The van der Waals surface area contributed by atoms with Crippen LogP contribution in [0.15, 0.2) is 47.4 Å². The second kappa shape index (κ2) is 9.62. The number of rotatable bonds is 8. The third kappa shape index (κ3) is 6.65. The van der Waals surface area contributed by atoms with Gasteiger partial charge in [-0.3, -0.25) is 9.59 Å². The van der Waals surface area contributed by atoms with Crippen molar-refractivity contribution in [1.29, 1.82) is 0 Å². The minimum atomic E-state index is -3.77.